The van der Waals surface area contributed by atoms with Gasteiger partial charge in [0.15, 0.2) is 0 Å². The van der Waals surface area contributed by atoms with Crippen LogP contribution in [-0.2, 0) is 16.2 Å². The van der Waals surface area contributed by atoms with Gasteiger partial charge in [0.25, 0.3) is 15.9 Å². The number of nitrogens with zero attached hydrogens (tertiary/aromatic N) is 2. The third-order valence-corrected chi connectivity index (χ3v) is 8.70. The summed E-state index contributed by atoms with van der Waals surface area (Å²) in [6.07, 6.45) is -5.21. The zero-order valence-electron chi connectivity index (χ0n) is 24.5. The Morgan fingerprint density at radius 1 is 1.09 bits per heavy atom. The molecule has 0 aliphatic carbocycles. The van der Waals surface area contributed by atoms with Crippen molar-refractivity contribution in [2.45, 2.75) is 37.1 Å². The summed E-state index contributed by atoms with van der Waals surface area (Å²) in [7, 11) is -2.66. The van der Waals surface area contributed by atoms with E-state index >= 15 is 0 Å². The SMILES string of the molecule is C[C@H]1CN([C@@H](C)CO)C(=O)c2cc(NS(=O)(=O)c3ccc(F)cc3)ccc2O[C@H]1CN(C)C(=O)Nc1ccc(C(F)(F)F)cc1. The van der Waals surface area contributed by atoms with Gasteiger partial charge in [0.05, 0.1) is 35.2 Å². The Hall–Kier alpha value is -4.37. The van der Waals surface area contributed by atoms with Crippen LogP contribution in [0.5, 0.6) is 5.75 Å². The third kappa shape index (κ3) is 8.02. The molecule has 3 atom stereocenters. The highest BCUT2D eigenvalue weighted by Gasteiger charge is 2.35. The van der Waals surface area contributed by atoms with Crippen LogP contribution in [0, 0.1) is 11.7 Å². The number of aliphatic hydroxyl groups is 1. The highest BCUT2D eigenvalue weighted by atomic mass is 32.2. The average Bonchev–Trinajstić information content (AvgIpc) is 2.98. The van der Waals surface area contributed by atoms with Gasteiger partial charge < -0.3 is 25.0 Å². The van der Waals surface area contributed by atoms with E-state index in [4.69, 9.17) is 4.74 Å². The van der Waals surface area contributed by atoms with Crippen LogP contribution in [0.25, 0.3) is 0 Å². The first-order chi connectivity index (χ1) is 21.1. The summed E-state index contributed by atoms with van der Waals surface area (Å²) in [5.74, 6) is -1.39. The van der Waals surface area contributed by atoms with Crippen molar-refractivity contribution >= 4 is 33.3 Å². The summed E-state index contributed by atoms with van der Waals surface area (Å²) in [6.45, 7) is 3.21. The van der Waals surface area contributed by atoms with E-state index in [1.165, 1.54) is 35.0 Å². The number of likely N-dealkylation sites (N-methyl/N-ethyl adjacent to an activating group) is 1. The zero-order chi connectivity index (χ0) is 33.1. The second kappa shape index (κ2) is 13.3. The number of ether oxygens (including phenoxy) is 1. The first-order valence-electron chi connectivity index (χ1n) is 13.8. The largest absolute Gasteiger partial charge is 0.487 e. The number of carbonyl (C=O) groups excluding carboxylic acids is 2. The molecule has 0 fully saturated rings. The number of anilines is 2. The van der Waals surface area contributed by atoms with Gasteiger partial charge in [0, 0.05) is 30.9 Å². The molecule has 0 spiro atoms. The van der Waals surface area contributed by atoms with Gasteiger partial charge in [-0.3, -0.25) is 9.52 Å². The minimum Gasteiger partial charge on any atom is -0.487 e. The molecule has 3 amide bonds. The van der Waals surface area contributed by atoms with Crippen molar-refractivity contribution < 1.29 is 45.4 Å². The minimum atomic E-state index is -4.52. The molecule has 0 aromatic heterocycles. The van der Waals surface area contributed by atoms with Crippen LogP contribution in [0.1, 0.15) is 29.8 Å². The van der Waals surface area contributed by atoms with Gasteiger partial charge in [-0.15, -0.1) is 0 Å². The number of aliphatic hydroxyl groups excluding tert-OH is 1. The van der Waals surface area contributed by atoms with E-state index in [0.29, 0.717) is 0 Å². The maximum absolute atomic E-state index is 13.7. The van der Waals surface area contributed by atoms with E-state index in [-0.39, 0.29) is 53.2 Å². The van der Waals surface area contributed by atoms with Crippen molar-refractivity contribution in [2.75, 3.05) is 36.8 Å². The number of urea groups is 1. The second-order valence-electron chi connectivity index (χ2n) is 10.8. The normalized spacial score (nSPS) is 17.8. The van der Waals surface area contributed by atoms with E-state index in [9.17, 15) is 40.7 Å². The quantitative estimate of drug-likeness (QED) is 0.293. The Balaban J connectivity index is 1.57. The summed E-state index contributed by atoms with van der Waals surface area (Å²) >= 11 is 0. The molecule has 0 bridgehead atoms. The predicted octanol–water partition coefficient (Wildman–Crippen LogP) is 5.03. The van der Waals surface area contributed by atoms with Crippen LogP contribution in [0.4, 0.5) is 33.7 Å². The molecule has 3 aromatic rings. The van der Waals surface area contributed by atoms with Crippen molar-refractivity contribution in [1.82, 2.24) is 9.80 Å². The number of carbonyl (C=O) groups is 2. The maximum atomic E-state index is 13.7. The number of hydrogen-bond donors (Lipinski definition) is 3. The summed E-state index contributed by atoms with van der Waals surface area (Å²) in [4.78, 5) is 29.1. The number of sulfonamides is 1. The molecule has 45 heavy (non-hydrogen) atoms. The molecule has 1 heterocycles. The van der Waals surface area contributed by atoms with E-state index < -0.39 is 51.7 Å². The number of fused-ring (bicyclic) bond motifs is 1. The lowest BCUT2D eigenvalue weighted by Gasteiger charge is -2.38. The van der Waals surface area contributed by atoms with Gasteiger partial charge in [-0.2, -0.15) is 13.2 Å². The van der Waals surface area contributed by atoms with Crippen LogP contribution >= 0.6 is 0 Å². The number of hydrogen-bond acceptors (Lipinski definition) is 6. The lowest BCUT2D eigenvalue weighted by Crippen LogP contribution is -2.50. The van der Waals surface area contributed by atoms with E-state index in [1.54, 1.807) is 13.8 Å². The highest BCUT2D eigenvalue weighted by Crippen LogP contribution is 2.32. The van der Waals surface area contributed by atoms with Crippen LogP contribution in [0.3, 0.4) is 0 Å². The Morgan fingerprint density at radius 3 is 2.31 bits per heavy atom. The third-order valence-electron chi connectivity index (χ3n) is 7.30. The fourth-order valence-corrected chi connectivity index (χ4v) is 5.70. The summed E-state index contributed by atoms with van der Waals surface area (Å²) < 4.78 is 86.3. The fraction of sp³-hybridized carbons (Fsp3) is 0.333. The summed E-state index contributed by atoms with van der Waals surface area (Å²) in [5, 5.41) is 12.4. The number of benzene rings is 3. The Labute approximate surface area is 257 Å². The monoisotopic (exact) mass is 652 g/mol. The van der Waals surface area contributed by atoms with E-state index in [2.05, 4.69) is 10.0 Å². The van der Waals surface area contributed by atoms with Crippen molar-refractivity contribution in [3.8, 4) is 5.75 Å². The molecule has 0 saturated carbocycles. The molecular weight excluding hydrogens is 620 g/mol. The molecule has 242 valence electrons. The Kier molecular flexibility index (Phi) is 9.92. The molecule has 4 rings (SSSR count). The topological polar surface area (TPSA) is 128 Å². The minimum absolute atomic E-state index is 0.00155. The standard InChI is InChI=1S/C30H32F4N4O6S/c1-18-15-38(19(2)17-39)28(40)25-14-23(36-45(42,43)24-11-6-21(31)7-12-24)10-13-26(25)44-27(18)16-37(3)29(41)35-22-8-4-20(5-9-22)30(32,33)34/h4-14,18-19,27,36,39H,15-17H2,1-3H3,(H,35,41)/t18-,19-,27-/m0/s1. The molecule has 3 aromatic carbocycles. The van der Waals surface area contributed by atoms with Crippen molar-refractivity contribution in [3.63, 3.8) is 0 Å². The fourth-order valence-electron chi connectivity index (χ4n) is 4.65. The number of alkyl halides is 3. The van der Waals surface area contributed by atoms with Crippen LogP contribution in [0.2, 0.25) is 0 Å². The van der Waals surface area contributed by atoms with Crippen LogP contribution < -0.4 is 14.8 Å². The van der Waals surface area contributed by atoms with E-state index in [1.807, 2.05) is 0 Å². The molecule has 1 aliphatic heterocycles. The first kappa shape index (κ1) is 33.5. The molecule has 10 nitrogen and oxygen atoms in total. The van der Waals surface area contributed by atoms with Crippen LogP contribution in [-0.4, -0.2) is 74.2 Å². The lowest BCUT2D eigenvalue weighted by molar-refractivity contribution is -0.137. The molecule has 0 unspecified atom stereocenters. The summed E-state index contributed by atoms with van der Waals surface area (Å²) in [5.41, 5.74) is -0.666. The molecule has 3 N–H and O–H groups in total. The van der Waals surface area contributed by atoms with Gasteiger partial charge in [-0.25, -0.2) is 17.6 Å². The molecule has 0 saturated heterocycles. The Morgan fingerprint density at radius 2 is 1.71 bits per heavy atom. The van der Waals surface area contributed by atoms with Crippen molar-refractivity contribution in [1.29, 1.82) is 0 Å². The van der Waals surface area contributed by atoms with Crippen LogP contribution in [0.15, 0.2) is 71.6 Å². The lowest BCUT2D eigenvalue weighted by atomic mass is 9.99. The first-order valence-corrected chi connectivity index (χ1v) is 15.3. The molecule has 0 radical (unpaired) electrons. The number of rotatable bonds is 8. The van der Waals surface area contributed by atoms with Crippen molar-refractivity contribution in [2.24, 2.45) is 5.92 Å². The highest BCUT2D eigenvalue weighted by molar-refractivity contribution is 7.92. The number of nitrogens with one attached hydrogen (secondary N) is 2. The number of amides is 3. The smallest absolute Gasteiger partial charge is 0.416 e. The molecule has 15 heteroatoms. The van der Waals surface area contributed by atoms with Gasteiger partial charge >= 0.3 is 12.2 Å². The van der Waals surface area contributed by atoms with Crippen molar-refractivity contribution in [3.05, 3.63) is 83.7 Å². The molecular formula is C30H32F4N4O6S. The zero-order valence-corrected chi connectivity index (χ0v) is 25.3. The molecule has 1 aliphatic rings. The predicted molar refractivity (Wildman–Crippen MR) is 158 cm³/mol. The second-order valence-corrected chi connectivity index (χ2v) is 12.5. The Bertz CT molecular complexity index is 1640. The van der Waals surface area contributed by atoms with Gasteiger partial charge in [0.1, 0.15) is 17.7 Å². The van der Waals surface area contributed by atoms with Gasteiger partial charge in [-0.1, -0.05) is 6.92 Å². The van der Waals surface area contributed by atoms with Gasteiger partial charge in [0.2, 0.25) is 0 Å². The summed E-state index contributed by atoms with van der Waals surface area (Å²) in [6, 6.07) is 11.0. The average molecular weight is 653 g/mol. The number of halogens is 4. The van der Waals surface area contributed by atoms with Gasteiger partial charge in [-0.05, 0) is 73.7 Å². The maximum Gasteiger partial charge on any atom is 0.416 e. The van der Waals surface area contributed by atoms with E-state index in [0.717, 1.165) is 48.5 Å².